The van der Waals surface area contributed by atoms with Crippen molar-refractivity contribution < 1.29 is 14.3 Å². The average Bonchev–Trinajstić information content (AvgIpc) is 2.72. The fraction of sp³-hybridized carbons (Fsp3) is 0.400. The SMILES string of the molecule is COc1ccc(C(=O)N2CCCC(N(Cc3cccnc3)C(C)=O)C2)cn1. The third-order valence-electron chi connectivity index (χ3n) is 4.80. The smallest absolute Gasteiger partial charge is 0.255 e. The van der Waals surface area contributed by atoms with E-state index in [0.29, 0.717) is 31.1 Å². The van der Waals surface area contributed by atoms with Crippen LogP contribution in [0.1, 0.15) is 35.7 Å². The van der Waals surface area contributed by atoms with E-state index in [0.717, 1.165) is 18.4 Å². The monoisotopic (exact) mass is 368 g/mol. The first kappa shape index (κ1) is 18.8. The van der Waals surface area contributed by atoms with Gasteiger partial charge in [-0.1, -0.05) is 6.07 Å². The minimum absolute atomic E-state index is 0.00395. The molecule has 0 spiro atoms. The van der Waals surface area contributed by atoms with E-state index in [1.165, 1.54) is 13.3 Å². The summed E-state index contributed by atoms with van der Waals surface area (Å²) in [5.74, 6) is 0.409. The number of hydrogen-bond acceptors (Lipinski definition) is 5. The van der Waals surface area contributed by atoms with Gasteiger partial charge in [0, 0.05) is 57.3 Å². The molecule has 1 unspecified atom stereocenters. The first-order valence-corrected chi connectivity index (χ1v) is 9.04. The first-order chi connectivity index (χ1) is 13.1. The second-order valence-corrected chi connectivity index (χ2v) is 6.64. The van der Waals surface area contributed by atoms with E-state index >= 15 is 0 Å². The van der Waals surface area contributed by atoms with Crippen LogP contribution >= 0.6 is 0 Å². The number of carbonyl (C=O) groups excluding carboxylic acids is 2. The highest BCUT2D eigenvalue weighted by Crippen LogP contribution is 2.20. The van der Waals surface area contributed by atoms with E-state index in [1.54, 1.807) is 36.4 Å². The predicted molar refractivity (Wildman–Crippen MR) is 100 cm³/mol. The van der Waals surface area contributed by atoms with Gasteiger partial charge in [0.05, 0.1) is 12.7 Å². The van der Waals surface area contributed by atoms with Crippen LogP contribution in [0, 0.1) is 0 Å². The molecule has 0 aromatic carbocycles. The number of carbonyl (C=O) groups is 2. The summed E-state index contributed by atoms with van der Waals surface area (Å²) in [7, 11) is 1.54. The fourth-order valence-corrected chi connectivity index (χ4v) is 3.39. The minimum Gasteiger partial charge on any atom is -0.481 e. The highest BCUT2D eigenvalue weighted by molar-refractivity contribution is 5.94. The van der Waals surface area contributed by atoms with Crippen LogP contribution < -0.4 is 4.74 Å². The minimum atomic E-state index is -0.0697. The van der Waals surface area contributed by atoms with Crippen LogP contribution in [0.2, 0.25) is 0 Å². The Morgan fingerprint density at radius 1 is 1.30 bits per heavy atom. The number of aromatic nitrogens is 2. The van der Waals surface area contributed by atoms with Crippen LogP contribution in [0.3, 0.4) is 0 Å². The molecule has 2 amide bonds. The maximum Gasteiger partial charge on any atom is 0.255 e. The van der Waals surface area contributed by atoms with Crippen LogP contribution in [0.5, 0.6) is 5.88 Å². The molecule has 1 saturated heterocycles. The van der Waals surface area contributed by atoms with Crippen LogP contribution in [0.4, 0.5) is 0 Å². The van der Waals surface area contributed by atoms with E-state index in [1.807, 2.05) is 17.0 Å². The Morgan fingerprint density at radius 3 is 2.78 bits per heavy atom. The number of rotatable bonds is 5. The summed E-state index contributed by atoms with van der Waals surface area (Å²) in [6.45, 7) is 3.27. The largest absolute Gasteiger partial charge is 0.481 e. The van der Waals surface area contributed by atoms with E-state index in [9.17, 15) is 9.59 Å². The number of likely N-dealkylation sites (tertiary alicyclic amines) is 1. The third kappa shape index (κ3) is 4.61. The third-order valence-corrected chi connectivity index (χ3v) is 4.80. The zero-order valence-electron chi connectivity index (χ0n) is 15.7. The van der Waals surface area contributed by atoms with Gasteiger partial charge in [-0.05, 0) is 30.5 Å². The number of methoxy groups -OCH3 is 1. The van der Waals surface area contributed by atoms with Crippen LogP contribution in [-0.4, -0.2) is 57.8 Å². The quantitative estimate of drug-likeness (QED) is 0.808. The molecule has 0 radical (unpaired) electrons. The van der Waals surface area contributed by atoms with Crippen molar-refractivity contribution in [3.05, 3.63) is 54.0 Å². The Labute approximate surface area is 159 Å². The van der Waals surface area contributed by atoms with Gasteiger partial charge in [-0.15, -0.1) is 0 Å². The number of nitrogens with zero attached hydrogens (tertiary/aromatic N) is 4. The van der Waals surface area contributed by atoms with Gasteiger partial charge in [0.1, 0.15) is 0 Å². The summed E-state index contributed by atoms with van der Waals surface area (Å²) in [5.41, 5.74) is 1.51. The Bertz CT molecular complexity index is 780. The summed E-state index contributed by atoms with van der Waals surface area (Å²) in [4.78, 5) is 36.9. The van der Waals surface area contributed by atoms with Crippen molar-refractivity contribution >= 4 is 11.8 Å². The topological polar surface area (TPSA) is 75.6 Å². The van der Waals surface area contributed by atoms with Gasteiger partial charge in [0.2, 0.25) is 11.8 Å². The van der Waals surface area contributed by atoms with Crippen molar-refractivity contribution in [3.8, 4) is 5.88 Å². The number of amides is 2. The molecule has 0 bridgehead atoms. The van der Waals surface area contributed by atoms with Crippen molar-refractivity contribution in [3.63, 3.8) is 0 Å². The van der Waals surface area contributed by atoms with Crippen molar-refractivity contribution in [2.45, 2.75) is 32.4 Å². The standard InChI is InChI=1S/C20H24N4O3/c1-15(25)24(13-16-5-3-9-21-11-16)18-6-4-10-23(14-18)20(26)17-7-8-19(27-2)22-12-17/h3,5,7-9,11-12,18H,4,6,10,13-14H2,1-2H3. The molecular weight excluding hydrogens is 344 g/mol. The molecule has 27 heavy (non-hydrogen) atoms. The van der Waals surface area contributed by atoms with Gasteiger partial charge in [0.15, 0.2) is 0 Å². The lowest BCUT2D eigenvalue weighted by molar-refractivity contribution is -0.132. The molecule has 2 aromatic rings. The lowest BCUT2D eigenvalue weighted by atomic mass is 10.0. The molecule has 1 aliphatic rings. The number of hydrogen-bond donors (Lipinski definition) is 0. The van der Waals surface area contributed by atoms with Gasteiger partial charge < -0.3 is 14.5 Å². The van der Waals surface area contributed by atoms with E-state index in [-0.39, 0.29) is 17.9 Å². The zero-order chi connectivity index (χ0) is 19.2. The van der Waals surface area contributed by atoms with Gasteiger partial charge in [0.25, 0.3) is 5.91 Å². The molecule has 1 aliphatic heterocycles. The highest BCUT2D eigenvalue weighted by atomic mass is 16.5. The van der Waals surface area contributed by atoms with Crippen molar-refractivity contribution in [2.75, 3.05) is 20.2 Å². The zero-order valence-corrected chi connectivity index (χ0v) is 15.7. The van der Waals surface area contributed by atoms with Crippen molar-refractivity contribution in [2.24, 2.45) is 0 Å². The summed E-state index contributed by atoms with van der Waals surface area (Å²) in [6.07, 6.45) is 6.75. The first-order valence-electron chi connectivity index (χ1n) is 9.04. The van der Waals surface area contributed by atoms with E-state index in [2.05, 4.69) is 9.97 Å². The molecule has 0 N–H and O–H groups in total. The summed E-state index contributed by atoms with van der Waals surface area (Å²) in [6, 6.07) is 7.21. The molecule has 1 fully saturated rings. The molecule has 3 rings (SSSR count). The van der Waals surface area contributed by atoms with Crippen LogP contribution in [-0.2, 0) is 11.3 Å². The summed E-state index contributed by atoms with van der Waals surface area (Å²) >= 11 is 0. The maximum atomic E-state index is 12.8. The molecule has 142 valence electrons. The summed E-state index contributed by atoms with van der Waals surface area (Å²) in [5, 5.41) is 0. The van der Waals surface area contributed by atoms with Crippen LogP contribution in [0.15, 0.2) is 42.9 Å². The Hall–Kier alpha value is -2.96. The van der Waals surface area contributed by atoms with Gasteiger partial charge in [-0.25, -0.2) is 4.98 Å². The van der Waals surface area contributed by atoms with E-state index in [4.69, 9.17) is 4.74 Å². The molecule has 1 atom stereocenters. The van der Waals surface area contributed by atoms with Gasteiger partial charge >= 0.3 is 0 Å². The lowest BCUT2D eigenvalue weighted by Gasteiger charge is -2.39. The highest BCUT2D eigenvalue weighted by Gasteiger charge is 2.30. The van der Waals surface area contributed by atoms with Gasteiger partial charge in [-0.2, -0.15) is 0 Å². The van der Waals surface area contributed by atoms with Crippen molar-refractivity contribution in [1.82, 2.24) is 19.8 Å². The predicted octanol–water partition coefficient (Wildman–Crippen LogP) is 2.14. The second kappa shape index (κ2) is 8.62. The van der Waals surface area contributed by atoms with E-state index < -0.39 is 0 Å². The molecular formula is C20H24N4O3. The number of ether oxygens (including phenoxy) is 1. The molecule has 3 heterocycles. The normalized spacial score (nSPS) is 16.7. The molecule has 0 saturated carbocycles. The Morgan fingerprint density at radius 2 is 2.15 bits per heavy atom. The Balaban J connectivity index is 1.71. The second-order valence-electron chi connectivity index (χ2n) is 6.64. The summed E-state index contributed by atoms with van der Waals surface area (Å²) < 4.78 is 5.04. The lowest BCUT2D eigenvalue weighted by Crippen LogP contribution is -2.51. The maximum absolute atomic E-state index is 12.8. The molecule has 7 nitrogen and oxygen atoms in total. The molecule has 7 heteroatoms. The van der Waals surface area contributed by atoms with Crippen molar-refractivity contribution in [1.29, 1.82) is 0 Å². The average molecular weight is 368 g/mol. The van der Waals surface area contributed by atoms with Gasteiger partial charge in [-0.3, -0.25) is 14.6 Å². The van der Waals surface area contributed by atoms with Crippen LogP contribution in [0.25, 0.3) is 0 Å². The fourth-order valence-electron chi connectivity index (χ4n) is 3.39. The Kier molecular flexibility index (Phi) is 6.01. The molecule has 0 aliphatic carbocycles. The molecule has 2 aromatic heterocycles. The number of piperidine rings is 1. The number of pyridine rings is 2.